The number of ether oxygens (including phenoxy) is 1. The SMILES string of the molecule is CCN(CCO)CC1CCOC1. The molecule has 1 aliphatic rings. The van der Waals surface area contributed by atoms with Crippen LogP contribution in [-0.2, 0) is 4.74 Å². The third-order valence-corrected chi connectivity index (χ3v) is 2.40. The van der Waals surface area contributed by atoms with Gasteiger partial charge in [0.1, 0.15) is 0 Å². The van der Waals surface area contributed by atoms with Crippen LogP contribution < -0.4 is 0 Å². The van der Waals surface area contributed by atoms with E-state index >= 15 is 0 Å². The van der Waals surface area contributed by atoms with Crippen LogP contribution in [-0.4, -0.2) is 49.5 Å². The van der Waals surface area contributed by atoms with Crippen molar-refractivity contribution in [1.29, 1.82) is 0 Å². The maximum Gasteiger partial charge on any atom is 0.0558 e. The van der Waals surface area contributed by atoms with Crippen LogP contribution in [0.3, 0.4) is 0 Å². The van der Waals surface area contributed by atoms with Gasteiger partial charge in [0, 0.05) is 19.7 Å². The van der Waals surface area contributed by atoms with Gasteiger partial charge in [-0.15, -0.1) is 0 Å². The molecule has 1 unspecified atom stereocenters. The zero-order valence-corrected chi connectivity index (χ0v) is 7.83. The van der Waals surface area contributed by atoms with Crippen LogP contribution in [0.4, 0.5) is 0 Å². The Morgan fingerprint density at radius 3 is 2.92 bits per heavy atom. The summed E-state index contributed by atoms with van der Waals surface area (Å²) >= 11 is 0. The second-order valence-electron chi connectivity index (χ2n) is 3.35. The van der Waals surface area contributed by atoms with Gasteiger partial charge in [0.25, 0.3) is 0 Å². The fourth-order valence-electron chi connectivity index (χ4n) is 1.61. The van der Waals surface area contributed by atoms with Gasteiger partial charge in [0.05, 0.1) is 13.2 Å². The van der Waals surface area contributed by atoms with Gasteiger partial charge in [0.15, 0.2) is 0 Å². The van der Waals surface area contributed by atoms with Gasteiger partial charge in [-0.05, 0) is 18.9 Å². The van der Waals surface area contributed by atoms with Crippen molar-refractivity contribution in [3.05, 3.63) is 0 Å². The van der Waals surface area contributed by atoms with Gasteiger partial charge >= 0.3 is 0 Å². The molecular formula is C9H19NO2. The fraction of sp³-hybridized carbons (Fsp3) is 1.00. The Balaban J connectivity index is 2.16. The minimum absolute atomic E-state index is 0.265. The Hall–Kier alpha value is -0.120. The summed E-state index contributed by atoms with van der Waals surface area (Å²) in [4.78, 5) is 2.28. The summed E-state index contributed by atoms with van der Waals surface area (Å²) in [5, 5.41) is 8.77. The number of aliphatic hydroxyl groups excluding tert-OH is 1. The smallest absolute Gasteiger partial charge is 0.0558 e. The molecule has 3 heteroatoms. The van der Waals surface area contributed by atoms with Gasteiger partial charge in [-0.1, -0.05) is 6.92 Å². The van der Waals surface area contributed by atoms with E-state index < -0.39 is 0 Å². The lowest BCUT2D eigenvalue weighted by molar-refractivity contribution is 0.154. The monoisotopic (exact) mass is 173 g/mol. The van der Waals surface area contributed by atoms with E-state index in [2.05, 4.69) is 11.8 Å². The first kappa shape index (κ1) is 9.96. The predicted octanol–water partition coefficient (Wildman–Crippen LogP) is 0.337. The molecule has 0 aliphatic carbocycles. The molecule has 1 rings (SSSR count). The van der Waals surface area contributed by atoms with Crippen molar-refractivity contribution in [1.82, 2.24) is 4.90 Å². The number of hydrogen-bond donors (Lipinski definition) is 1. The number of nitrogens with zero attached hydrogens (tertiary/aromatic N) is 1. The standard InChI is InChI=1S/C9H19NO2/c1-2-10(4-5-11)7-9-3-6-12-8-9/h9,11H,2-8H2,1H3. The summed E-state index contributed by atoms with van der Waals surface area (Å²) < 4.78 is 5.29. The van der Waals surface area contributed by atoms with Crippen LogP contribution in [0.5, 0.6) is 0 Å². The lowest BCUT2D eigenvalue weighted by atomic mass is 10.1. The van der Waals surface area contributed by atoms with Crippen molar-refractivity contribution < 1.29 is 9.84 Å². The van der Waals surface area contributed by atoms with Crippen LogP contribution >= 0.6 is 0 Å². The first-order valence-corrected chi connectivity index (χ1v) is 4.77. The van der Waals surface area contributed by atoms with Crippen molar-refractivity contribution in [2.45, 2.75) is 13.3 Å². The molecule has 1 heterocycles. The molecular weight excluding hydrogens is 154 g/mol. The molecule has 72 valence electrons. The van der Waals surface area contributed by atoms with Crippen molar-refractivity contribution in [2.75, 3.05) is 39.5 Å². The molecule has 12 heavy (non-hydrogen) atoms. The quantitative estimate of drug-likeness (QED) is 0.650. The van der Waals surface area contributed by atoms with Crippen LogP contribution in [0.15, 0.2) is 0 Å². The summed E-state index contributed by atoms with van der Waals surface area (Å²) in [6.07, 6.45) is 1.18. The first-order valence-electron chi connectivity index (χ1n) is 4.77. The highest BCUT2D eigenvalue weighted by Crippen LogP contribution is 2.13. The van der Waals surface area contributed by atoms with Gasteiger partial charge in [-0.25, -0.2) is 0 Å². The topological polar surface area (TPSA) is 32.7 Å². The zero-order chi connectivity index (χ0) is 8.81. The van der Waals surface area contributed by atoms with E-state index in [4.69, 9.17) is 9.84 Å². The highest BCUT2D eigenvalue weighted by molar-refractivity contribution is 4.68. The Kier molecular flexibility index (Phi) is 4.58. The van der Waals surface area contributed by atoms with Gasteiger partial charge in [-0.2, -0.15) is 0 Å². The maximum atomic E-state index is 8.77. The van der Waals surface area contributed by atoms with E-state index in [1.165, 1.54) is 6.42 Å². The van der Waals surface area contributed by atoms with Gasteiger partial charge in [-0.3, -0.25) is 0 Å². The van der Waals surface area contributed by atoms with Crippen LogP contribution in [0.25, 0.3) is 0 Å². The van der Waals surface area contributed by atoms with Gasteiger partial charge < -0.3 is 14.7 Å². The molecule has 1 atom stereocenters. The molecule has 1 fully saturated rings. The van der Waals surface area contributed by atoms with Crippen molar-refractivity contribution >= 4 is 0 Å². The van der Waals surface area contributed by atoms with Crippen molar-refractivity contribution in [3.8, 4) is 0 Å². The van der Waals surface area contributed by atoms with E-state index in [1.54, 1.807) is 0 Å². The maximum absolute atomic E-state index is 8.77. The second kappa shape index (κ2) is 5.51. The molecule has 0 aromatic rings. The molecule has 0 radical (unpaired) electrons. The largest absolute Gasteiger partial charge is 0.395 e. The van der Waals surface area contributed by atoms with Crippen molar-refractivity contribution in [3.63, 3.8) is 0 Å². The first-order chi connectivity index (χ1) is 5.86. The Morgan fingerprint density at radius 2 is 2.42 bits per heavy atom. The van der Waals surface area contributed by atoms with Crippen LogP contribution in [0.1, 0.15) is 13.3 Å². The molecule has 0 spiro atoms. The Bertz CT molecular complexity index is 113. The summed E-state index contributed by atoms with van der Waals surface area (Å²) in [5.41, 5.74) is 0. The lowest BCUT2D eigenvalue weighted by Crippen LogP contribution is -2.32. The number of aliphatic hydroxyl groups is 1. The molecule has 0 aromatic carbocycles. The fourth-order valence-corrected chi connectivity index (χ4v) is 1.61. The molecule has 0 aromatic heterocycles. The third-order valence-electron chi connectivity index (χ3n) is 2.40. The molecule has 0 bridgehead atoms. The average molecular weight is 173 g/mol. The number of hydrogen-bond acceptors (Lipinski definition) is 3. The Morgan fingerprint density at radius 1 is 1.58 bits per heavy atom. The summed E-state index contributed by atoms with van der Waals surface area (Å²) in [7, 11) is 0. The normalized spacial score (nSPS) is 23.8. The number of rotatable bonds is 5. The molecule has 1 N–H and O–H groups in total. The molecule has 1 saturated heterocycles. The predicted molar refractivity (Wildman–Crippen MR) is 48.1 cm³/mol. The van der Waals surface area contributed by atoms with E-state index in [0.717, 1.165) is 32.8 Å². The molecule has 3 nitrogen and oxygen atoms in total. The van der Waals surface area contributed by atoms with E-state index in [9.17, 15) is 0 Å². The zero-order valence-electron chi connectivity index (χ0n) is 7.83. The van der Waals surface area contributed by atoms with E-state index in [0.29, 0.717) is 5.92 Å². The minimum Gasteiger partial charge on any atom is -0.395 e. The van der Waals surface area contributed by atoms with E-state index in [1.807, 2.05) is 0 Å². The summed E-state index contributed by atoms with van der Waals surface area (Å²) in [5.74, 6) is 0.691. The molecule has 1 aliphatic heterocycles. The van der Waals surface area contributed by atoms with Gasteiger partial charge in [0.2, 0.25) is 0 Å². The van der Waals surface area contributed by atoms with Crippen LogP contribution in [0, 0.1) is 5.92 Å². The second-order valence-corrected chi connectivity index (χ2v) is 3.35. The highest BCUT2D eigenvalue weighted by atomic mass is 16.5. The van der Waals surface area contributed by atoms with Crippen molar-refractivity contribution in [2.24, 2.45) is 5.92 Å². The number of likely N-dealkylation sites (N-methyl/N-ethyl adjacent to an activating group) is 1. The Labute approximate surface area is 74.3 Å². The van der Waals surface area contributed by atoms with Crippen LogP contribution in [0.2, 0.25) is 0 Å². The van der Waals surface area contributed by atoms with E-state index in [-0.39, 0.29) is 6.61 Å². The summed E-state index contributed by atoms with van der Waals surface area (Å²) in [6.45, 7) is 7.12. The molecule has 0 saturated carbocycles. The average Bonchev–Trinajstić information content (AvgIpc) is 2.56. The highest BCUT2D eigenvalue weighted by Gasteiger charge is 2.17. The lowest BCUT2D eigenvalue weighted by Gasteiger charge is -2.21. The third kappa shape index (κ3) is 3.09. The minimum atomic E-state index is 0.265. The summed E-state index contributed by atoms with van der Waals surface area (Å²) in [6, 6.07) is 0. The molecule has 0 amide bonds.